The first-order valence-electron chi connectivity index (χ1n) is 13.1. The van der Waals surface area contributed by atoms with Gasteiger partial charge in [0.25, 0.3) is 11.8 Å². The molecular formula is C29H36N6O4. The second-order valence-corrected chi connectivity index (χ2v) is 10.3. The average molecular weight is 533 g/mol. The molecule has 0 saturated carbocycles. The number of carbonyl (C=O) groups excluding carboxylic acids is 3. The number of nitrogens with one attached hydrogen (secondary N) is 2. The highest BCUT2D eigenvalue weighted by Crippen LogP contribution is 2.18. The lowest BCUT2D eigenvalue weighted by atomic mass is 10.1. The Balaban J connectivity index is 1.41. The number of anilines is 1. The van der Waals surface area contributed by atoms with Crippen LogP contribution in [0.25, 0.3) is 0 Å². The summed E-state index contributed by atoms with van der Waals surface area (Å²) in [6.45, 7) is 5.35. The second kappa shape index (κ2) is 12.7. The van der Waals surface area contributed by atoms with Crippen molar-refractivity contribution in [1.82, 2.24) is 19.8 Å². The van der Waals surface area contributed by atoms with Crippen LogP contribution in [0.1, 0.15) is 48.2 Å². The molecule has 1 atom stereocenters. The van der Waals surface area contributed by atoms with Gasteiger partial charge in [0.2, 0.25) is 5.91 Å². The van der Waals surface area contributed by atoms with E-state index in [2.05, 4.69) is 15.6 Å². The van der Waals surface area contributed by atoms with Gasteiger partial charge in [-0.15, -0.1) is 0 Å². The molecular weight excluding hydrogens is 496 g/mol. The Morgan fingerprint density at radius 2 is 1.74 bits per heavy atom. The molecule has 0 aliphatic carbocycles. The molecule has 10 nitrogen and oxygen atoms in total. The van der Waals surface area contributed by atoms with E-state index in [1.807, 2.05) is 59.5 Å². The normalized spacial score (nSPS) is 14.2. The largest absolute Gasteiger partial charge is 0.374 e. The van der Waals surface area contributed by atoms with Gasteiger partial charge >= 0.3 is 0 Å². The Bertz CT molecular complexity index is 1280. The quantitative estimate of drug-likeness (QED) is 0.348. The summed E-state index contributed by atoms with van der Waals surface area (Å²) >= 11 is 0. The number of nitrogens with zero attached hydrogens (tertiary/aromatic N) is 3. The maximum absolute atomic E-state index is 13.1. The first-order valence-corrected chi connectivity index (χ1v) is 13.1. The molecule has 0 spiro atoms. The van der Waals surface area contributed by atoms with E-state index in [9.17, 15) is 14.4 Å². The molecule has 4 N–H and O–H groups in total. The molecule has 39 heavy (non-hydrogen) atoms. The third-order valence-corrected chi connectivity index (χ3v) is 6.48. The van der Waals surface area contributed by atoms with E-state index in [-0.39, 0.29) is 19.1 Å². The third kappa shape index (κ3) is 7.75. The fraction of sp³-hybridized carbons (Fsp3) is 0.379. The van der Waals surface area contributed by atoms with Crippen molar-refractivity contribution in [3.63, 3.8) is 0 Å². The van der Waals surface area contributed by atoms with Gasteiger partial charge in [0.05, 0.1) is 25.1 Å². The Morgan fingerprint density at radius 3 is 2.46 bits per heavy atom. The average Bonchev–Trinajstić information content (AvgIpc) is 3.61. The maximum atomic E-state index is 13.1. The minimum absolute atomic E-state index is 0.0358. The summed E-state index contributed by atoms with van der Waals surface area (Å²) in [7, 11) is 0. The third-order valence-electron chi connectivity index (χ3n) is 6.48. The van der Waals surface area contributed by atoms with Gasteiger partial charge in [-0.25, -0.2) is 4.98 Å². The summed E-state index contributed by atoms with van der Waals surface area (Å²) in [5, 5.41) is 5.43. The van der Waals surface area contributed by atoms with Gasteiger partial charge < -0.3 is 30.6 Å². The van der Waals surface area contributed by atoms with Crippen molar-refractivity contribution in [2.75, 3.05) is 25.0 Å². The molecule has 2 heterocycles. The highest BCUT2D eigenvalue weighted by atomic mass is 16.5. The maximum Gasteiger partial charge on any atom is 0.254 e. The van der Waals surface area contributed by atoms with Crippen molar-refractivity contribution >= 4 is 23.5 Å². The second-order valence-electron chi connectivity index (χ2n) is 10.3. The fourth-order valence-corrected chi connectivity index (χ4v) is 4.27. The number of ether oxygens (including phenoxy) is 1. The van der Waals surface area contributed by atoms with Gasteiger partial charge in [0.1, 0.15) is 6.04 Å². The molecule has 10 heteroatoms. The summed E-state index contributed by atoms with van der Waals surface area (Å²) in [4.78, 5) is 44.9. The summed E-state index contributed by atoms with van der Waals surface area (Å²) < 4.78 is 7.54. The number of amides is 3. The van der Waals surface area contributed by atoms with E-state index in [0.29, 0.717) is 17.9 Å². The monoisotopic (exact) mass is 532 g/mol. The number of carbonyl (C=O) groups is 3. The molecule has 1 saturated heterocycles. The highest BCUT2D eigenvalue weighted by molar-refractivity contribution is 5.98. The summed E-state index contributed by atoms with van der Waals surface area (Å²) in [5.74, 6) is -0.599. The molecule has 0 bridgehead atoms. The van der Waals surface area contributed by atoms with E-state index in [0.717, 1.165) is 37.1 Å². The predicted octanol–water partition coefficient (Wildman–Crippen LogP) is 2.54. The van der Waals surface area contributed by atoms with Crippen LogP contribution in [0, 0.1) is 0 Å². The number of nitrogens with two attached hydrogens (primary N) is 1. The summed E-state index contributed by atoms with van der Waals surface area (Å²) in [5.41, 5.74) is 7.24. The van der Waals surface area contributed by atoms with Gasteiger partial charge in [-0.3, -0.25) is 14.4 Å². The van der Waals surface area contributed by atoms with Crippen molar-refractivity contribution in [3.8, 4) is 0 Å². The van der Waals surface area contributed by atoms with Crippen LogP contribution in [0.4, 0.5) is 5.82 Å². The number of aromatic nitrogens is 2. The summed E-state index contributed by atoms with van der Waals surface area (Å²) in [6.07, 6.45) is 5.33. The predicted molar refractivity (Wildman–Crippen MR) is 148 cm³/mol. The number of imidazole rings is 1. The standard InChI is InChI=1S/C29H36N6O4/c1-29(2,30)28(38)32-24(19-39-18-21-10-4-3-5-11-21)26(36)33-25-17-34(20-31-25)16-22-12-6-7-13-23(22)27(37)35-14-8-9-15-35/h3-7,10-13,17,20,24H,8-9,14-16,18-19,30H2,1-2H3,(H,32,38)(H,33,36)/t24-/m1/s1. The molecule has 0 radical (unpaired) electrons. The zero-order valence-electron chi connectivity index (χ0n) is 22.4. The SMILES string of the molecule is CC(C)(N)C(=O)N[C@H](COCc1ccccc1)C(=O)Nc1cn(Cc2ccccc2C(=O)N2CCCC2)cn1. The van der Waals surface area contributed by atoms with Crippen LogP contribution >= 0.6 is 0 Å². The van der Waals surface area contributed by atoms with Crippen molar-refractivity contribution in [3.05, 3.63) is 83.8 Å². The van der Waals surface area contributed by atoms with Crippen molar-refractivity contribution in [1.29, 1.82) is 0 Å². The minimum Gasteiger partial charge on any atom is -0.374 e. The van der Waals surface area contributed by atoms with E-state index >= 15 is 0 Å². The van der Waals surface area contributed by atoms with Crippen LogP contribution in [0.5, 0.6) is 0 Å². The lowest BCUT2D eigenvalue weighted by molar-refractivity contribution is -0.130. The Morgan fingerprint density at radius 1 is 1.05 bits per heavy atom. The van der Waals surface area contributed by atoms with Crippen molar-refractivity contribution in [2.45, 2.75) is 51.4 Å². The van der Waals surface area contributed by atoms with Crippen molar-refractivity contribution in [2.24, 2.45) is 5.73 Å². The number of hydrogen-bond acceptors (Lipinski definition) is 6. The van der Waals surface area contributed by atoms with Gasteiger partial charge in [-0.1, -0.05) is 48.5 Å². The van der Waals surface area contributed by atoms with Crippen LogP contribution in [0.2, 0.25) is 0 Å². The molecule has 3 amide bonds. The number of rotatable bonds is 11. The van der Waals surface area contributed by atoms with E-state index in [1.54, 1.807) is 30.9 Å². The minimum atomic E-state index is -1.17. The molecule has 3 aromatic rings. The first kappa shape index (κ1) is 28.0. The van der Waals surface area contributed by atoms with Crippen LogP contribution < -0.4 is 16.4 Å². The highest BCUT2D eigenvalue weighted by Gasteiger charge is 2.29. The lowest BCUT2D eigenvalue weighted by Gasteiger charge is -2.23. The fourth-order valence-electron chi connectivity index (χ4n) is 4.27. The van der Waals surface area contributed by atoms with Gasteiger partial charge in [-0.05, 0) is 43.9 Å². The van der Waals surface area contributed by atoms with E-state index in [1.165, 1.54) is 0 Å². The van der Waals surface area contributed by atoms with Crippen LogP contribution in [0.3, 0.4) is 0 Å². The summed E-state index contributed by atoms with van der Waals surface area (Å²) in [6, 6.07) is 16.1. The zero-order chi connectivity index (χ0) is 27.8. The first-order chi connectivity index (χ1) is 18.7. The zero-order valence-corrected chi connectivity index (χ0v) is 22.4. The van der Waals surface area contributed by atoms with Gasteiger partial charge in [0, 0.05) is 31.4 Å². The molecule has 1 aliphatic heterocycles. The van der Waals surface area contributed by atoms with Gasteiger partial charge in [0.15, 0.2) is 5.82 Å². The van der Waals surface area contributed by atoms with Gasteiger partial charge in [-0.2, -0.15) is 0 Å². The topological polar surface area (TPSA) is 132 Å². The van der Waals surface area contributed by atoms with Crippen LogP contribution in [0.15, 0.2) is 67.1 Å². The number of likely N-dealkylation sites (tertiary alicyclic amines) is 1. The molecule has 2 aromatic carbocycles. The van der Waals surface area contributed by atoms with E-state index < -0.39 is 23.4 Å². The van der Waals surface area contributed by atoms with E-state index in [4.69, 9.17) is 10.5 Å². The van der Waals surface area contributed by atoms with Crippen LogP contribution in [-0.4, -0.2) is 63.4 Å². The van der Waals surface area contributed by atoms with Crippen molar-refractivity contribution < 1.29 is 19.1 Å². The number of hydrogen-bond donors (Lipinski definition) is 3. The number of benzene rings is 2. The molecule has 0 unspecified atom stereocenters. The molecule has 1 fully saturated rings. The molecule has 1 aromatic heterocycles. The molecule has 1 aliphatic rings. The Hall–Kier alpha value is -4.02. The Kier molecular flexibility index (Phi) is 9.11. The molecule has 206 valence electrons. The lowest BCUT2D eigenvalue weighted by Crippen LogP contribution is -2.56. The smallest absolute Gasteiger partial charge is 0.254 e. The van der Waals surface area contributed by atoms with Crippen LogP contribution in [-0.2, 0) is 27.5 Å². The molecule has 4 rings (SSSR count). The Labute approximate surface area is 228 Å².